The fraction of sp³-hybridized carbons (Fsp3) is 0.333. The third-order valence-corrected chi connectivity index (χ3v) is 5.81. The topological polar surface area (TPSA) is 99.9 Å². The molecule has 1 aromatic carbocycles. The Bertz CT molecular complexity index is 899. The Morgan fingerprint density at radius 3 is 2.26 bits per heavy atom. The number of benzene rings is 1. The molecule has 1 N–H and O–H groups in total. The number of nitrogens with zero attached hydrogens (tertiary/aromatic N) is 2. The van der Waals surface area contributed by atoms with Gasteiger partial charge >= 0.3 is 0 Å². The second kappa shape index (κ2) is 7.93. The minimum atomic E-state index is -3.74. The minimum absolute atomic E-state index is 0.120. The standard InChI is InChI=1S/C18H21N3O5S/c1-14-4-6-15(7-5-14)27(24,25)19-13-17(22)20-8-10-21(11-9-20)18(23)16-3-2-12-26-16/h2-7,12,19H,8-11,13H2,1H3. The van der Waals surface area contributed by atoms with Crippen molar-refractivity contribution in [2.45, 2.75) is 11.8 Å². The van der Waals surface area contributed by atoms with Gasteiger partial charge in [-0.15, -0.1) is 0 Å². The van der Waals surface area contributed by atoms with Crippen LogP contribution in [0.25, 0.3) is 0 Å². The molecular weight excluding hydrogens is 370 g/mol. The van der Waals surface area contributed by atoms with Crippen molar-refractivity contribution in [2.75, 3.05) is 32.7 Å². The van der Waals surface area contributed by atoms with Gasteiger partial charge in [0.15, 0.2) is 5.76 Å². The number of carbonyl (C=O) groups is 2. The van der Waals surface area contributed by atoms with Crippen LogP contribution in [0.3, 0.4) is 0 Å². The van der Waals surface area contributed by atoms with E-state index in [2.05, 4.69) is 4.72 Å². The molecular formula is C18H21N3O5S. The number of amides is 2. The van der Waals surface area contributed by atoms with E-state index in [1.165, 1.54) is 18.4 Å². The molecule has 1 aromatic heterocycles. The van der Waals surface area contributed by atoms with Gasteiger partial charge in [0.25, 0.3) is 5.91 Å². The van der Waals surface area contributed by atoms with E-state index in [1.807, 2.05) is 6.92 Å². The average Bonchev–Trinajstić information content (AvgIpc) is 3.21. The van der Waals surface area contributed by atoms with E-state index in [4.69, 9.17) is 4.42 Å². The Kier molecular flexibility index (Phi) is 5.62. The van der Waals surface area contributed by atoms with Crippen LogP contribution in [0.4, 0.5) is 0 Å². The lowest BCUT2D eigenvalue weighted by Gasteiger charge is -2.34. The molecule has 0 saturated carbocycles. The van der Waals surface area contributed by atoms with Crippen LogP contribution in [0.2, 0.25) is 0 Å². The summed E-state index contributed by atoms with van der Waals surface area (Å²) >= 11 is 0. The predicted molar refractivity (Wildman–Crippen MR) is 97.6 cm³/mol. The van der Waals surface area contributed by atoms with Crippen molar-refractivity contribution in [2.24, 2.45) is 0 Å². The minimum Gasteiger partial charge on any atom is -0.459 e. The van der Waals surface area contributed by atoms with Crippen LogP contribution in [0, 0.1) is 6.92 Å². The summed E-state index contributed by atoms with van der Waals surface area (Å²) in [6, 6.07) is 9.65. The molecule has 9 heteroatoms. The van der Waals surface area contributed by atoms with Crippen LogP contribution in [-0.4, -0.2) is 62.8 Å². The van der Waals surface area contributed by atoms with E-state index in [0.717, 1.165) is 5.56 Å². The summed E-state index contributed by atoms with van der Waals surface area (Å²) in [7, 11) is -3.74. The number of sulfonamides is 1. The first-order valence-corrected chi connectivity index (χ1v) is 10.0. The molecule has 144 valence electrons. The monoisotopic (exact) mass is 391 g/mol. The molecule has 0 aliphatic carbocycles. The second-order valence-corrected chi connectivity index (χ2v) is 8.05. The number of aryl methyl sites for hydroxylation is 1. The lowest BCUT2D eigenvalue weighted by atomic mass is 10.2. The van der Waals surface area contributed by atoms with E-state index in [1.54, 1.807) is 34.1 Å². The van der Waals surface area contributed by atoms with E-state index in [9.17, 15) is 18.0 Å². The SMILES string of the molecule is Cc1ccc(S(=O)(=O)NCC(=O)N2CCN(C(=O)c3ccco3)CC2)cc1. The van der Waals surface area contributed by atoms with Crippen molar-refractivity contribution in [3.8, 4) is 0 Å². The molecule has 27 heavy (non-hydrogen) atoms. The Morgan fingerprint density at radius 1 is 1.04 bits per heavy atom. The quantitative estimate of drug-likeness (QED) is 0.815. The number of furan rings is 1. The third-order valence-electron chi connectivity index (χ3n) is 4.40. The predicted octanol–water partition coefficient (Wildman–Crippen LogP) is 0.851. The fourth-order valence-corrected chi connectivity index (χ4v) is 3.76. The molecule has 0 radical (unpaired) electrons. The highest BCUT2D eigenvalue weighted by Gasteiger charge is 2.26. The smallest absolute Gasteiger partial charge is 0.289 e. The lowest BCUT2D eigenvalue weighted by molar-refractivity contribution is -0.131. The molecule has 0 spiro atoms. The van der Waals surface area contributed by atoms with Gasteiger partial charge in [-0.2, -0.15) is 0 Å². The maximum atomic E-state index is 12.3. The Balaban J connectivity index is 1.51. The number of nitrogens with one attached hydrogen (secondary N) is 1. The largest absolute Gasteiger partial charge is 0.459 e. The highest BCUT2D eigenvalue weighted by atomic mass is 32.2. The zero-order chi connectivity index (χ0) is 19.4. The Morgan fingerprint density at radius 2 is 1.67 bits per heavy atom. The number of piperazine rings is 1. The highest BCUT2D eigenvalue weighted by molar-refractivity contribution is 7.89. The first-order valence-electron chi connectivity index (χ1n) is 8.54. The van der Waals surface area contributed by atoms with Crippen molar-refractivity contribution < 1.29 is 22.4 Å². The maximum absolute atomic E-state index is 12.3. The van der Waals surface area contributed by atoms with E-state index < -0.39 is 10.0 Å². The molecule has 0 unspecified atom stereocenters. The van der Waals surface area contributed by atoms with Gasteiger partial charge in [-0.25, -0.2) is 13.1 Å². The van der Waals surface area contributed by atoms with Gasteiger partial charge in [0.1, 0.15) is 0 Å². The Labute approximate surface area is 157 Å². The van der Waals surface area contributed by atoms with Gasteiger partial charge in [0, 0.05) is 26.2 Å². The summed E-state index contributed by atoms with van der Waals surface area (Å²) in [6.45, 7) is 2.98. The van der Waals surface area contributed by atoms with Gasteiger partial charge in [-0.1, -0.05) is 17.7 Å². The van der Waals surface area contributed by atoms with Gasteiger partial charge < -0.3 is 14.2 Å². The van der Waals surface area contributed by atoms with Crippen molar-refractivity contribution in [3.63, 3.8) is 0 Å². The molecule has 3 rings (SSSR count). The Hall–Kier alpha value is -2.65. The van der Waals surface area contributed by atoms with E-state index in [0.29, 0.717) is 26.2 Å². The van der Waals surface area contributed by atoms with Crippen LogP contribution in [0.15, 0.2) is 52.0 Å². The van der Waals surface area contributed by atoms with Crippen LogP contribution in [-0.2, 0) is 14.8 Å². The number of carbonyl (C=O) groups excluding carboxylic acids is 2. The average molecular weight is 391 g/mol. The number of hydrogen-bond acceptors (Lipinski definition) is 5. The molecule has 0 bridgehead atoms. The molecule has 2 heterocycles. The van der Waals surface area contributed by atoms with Crippen molar-refractivity contribution >= 4 is 21.8 Å². The first kappa shape index (κ1) is 19.1. The summed E-state index contributed by atoms with van der Waals surface area (Å²) in [6.07, 6.45) is 1.44. The first-order chi connectivity index (χ1) is 12.9. The second-order valence-electron chi connectivity index (χ2n) is 6.29. The van der Waals surface area contributed by atoms with Gasteiger partial charge in [-0.05, 0) is 31.2 Å². The number of hydrogen-bond donors (Lipinski definition) is 1. The summed E-state index contributed by atoms with van der Waals surface area (Å²) in [4.78, 5) is 27.8. The zero-order valence-corrected chi connectivity index (χ0v) is 15.7. The zero-order valence-electron chi connectivity index (χ0n) is 14.9. The van der Waals surface area contributed by atoms with Crippen molar-refractivity contribution in [1.82, 2.24) is 14.5 Å². The number of rotatable bonds is 5. The molecule has 2 aromatic rings. The van der Waals surface area contributed by atoms with Crippen LogP contribution < -0.4 is 4.72 Å². The molecule has 0 atom stereocenters. The maximum Gasteiger partial charge on any atom is 0.289 e. The molecule has 1 aliphatic heterocycles. The molecule has 2 amide bonds. The van der Waals surface area contributed by atoms with Gasteiger partial charge in [0.2, 0.25) is 15.9 Å². The molecule has 1 fully saturated rings. The van der Waals surface area contributed by atoms with Crippen molar-refractivity contribution in [3.05, 3.63) is 54.0 Å². The van der Waals surface area contributed by atoms with E-state index >= 15 is 0 Å². The molecule has 8 nitrogen and oxygen atoms in total. The summed E-state index contributed by atoms with van der Waals surface area (Å²) in [5, 5.41) is 0. The van der Waals surface area contributed by atoms with Crippen LogP contribution in [0.5, 0.6) is 0 Å². The third kappa shape index (κ3) is 4.55. The lowest BCUT2D eigenvalue weighted by Crippen LogP contribution is -2.52. The highest BCUT2D eigenvalue weighted by Crippen LogP contribution is 2.11. The molecule has 1 aliphatic rings. The van der Waals surface area contributed by atoms with Gasteiger partial charge in [-0.3, -0.25) is 9.59 Å². The fourth-order valence-electron chi connectivity index (χ4n) is 2.78. The summed E-state index contributed by atoms with van der Waals surface area (Å²) in [5.74, 6) is -0.274. The summed E-state index contributed by atoms with van der Waals surface area (Å²) in [5.41, 5.74) is 0.951. The van der Waals surface area contributed by atoms with E-state index in [-0.39, 0.29) is 29.0 Å². The van der Waals surface area contributed by atoms with Gasteiger partial charge in [0.05, 0.1) is 17.7 Å². The normalized spacial score (nSPS) is 15.0. The van der Waals surface area contributed by atoms with Crippen molar-refractivity contribution in [1.29, 1.82) is 0 Å². The molecule has 1 saturated heterocycles. The summed E-state index contributed by atoms with van der Waals surface area (Å²) < 4.78 is 31.9. The van der Waals surface area contributed by atoms with Crippen LogP contribution in [0.1, 0.15) is 16.1 Å². The van der Waals surface area contributed by atoms with Crippen LogP contribution >= 0.6 is 0 Å².